The number of carbonyl (C=O) groups excluding carboxylic acids is 2. The molecule has 0 saturated carbocycles. The molecule has 0 unspecified atom stereocenters. The second kappa shape index (κ2) is 10.8. The third kappa shape index (κ3) is 5.95. The van der Waals surface area contributed by atoms with Crippen LogP contribution in [0.5, 0.6) is 0 Å². The average molecular weight is 512 g/mol. The number of carbonyl (C=O) groups is 2. The van der Waals surface area contributed by atoms with Gasteiger partial charge in [-0.1, -0.05) is 0 Å². The van der Waals surface area contributed by atoms with Gasteiger partial charge in [-0.05, 0) is 6.42 Å². The van der Waals surface area contributed by atoms with Crippen LogP contribution < -0.4 is 15.2 Å². The lowest BCUT2D eigenvalue weighted by molar-refractivity contribution is -0.129. The van der Waals surface area contributed by atoms with E-state index < -0.39 is 70.5 Å². The molecule has 2 N–H and O–H groups in total. The van der Waals surface area contributed by atoms with E-state index >= 15 is 0 Å². The summed E-state index contributed by atoms with van der Waals surface area (Å²) in [5.74, 6) is -3.78. The van der Waals surface area contributed by atoms with Gasteiger partial charge in [0.05, 0.1) is 24.6 Å². The van der Waals surface area contributed by atoms with Gasteiger partial charge in [-0.3, -0.25) is 9.69 Å². The molecule has 1 aromatic rings. The van der Waals surface area contributed by atoms with Crippen molar-refractivity contribution < 1.29 is 45.4 Å². The number of rotatable bonds is 9. The van der Waals surface area contributed by atoms with Crippen molar-refractivity contribution in [2.24, 2.45) is 0 Å². The van der Waals surface area contributed by atoms with Gasteiger partial charge in [0.2, 0.25) is 10.0 Å². The van der Waals surface area contributed by atoms with Crippen LogP contribution in [0, 0.1) is 11.6 Å². The van der Waals surface area contributed by atoms with E-state index in [0.717, 1.165) is 21.4 Å². The summed E-state index contributed by atoms with van der Waals surface area (Å²) in [5, 5.41) is 8.91. The first-order chi connectivity index (χ1) is 16.0. The Morgan fingerprint density at radius 1 is 1.21 bits per heavy atom. The zero-order valence-electron chi connectivity index (χ0n) is 17.9. The molecule has 0 radical (unpaired) electrons. The van der Waals surface area contributed by atoms with Gasteiger partial charge in [0.25, 0.3) is 6.43 Å². The number of benzene rings is 1. The fourth-order valence-corrected chi connectivity index (χ4v) is 4.80. The highest BCUT2D eigenvalue weighted by Crippen LogP contribution is 2.32. The van der Waals surface area contributed by atoms with Crippen molar-refractivity contribution in [2.45, 2.75) is 25.4 Å². The van der Waals surface area contributed by atoms with Crippen LogP contribution in [0.1, 0.15) is 12.8 Å². The van der Waals surface area contributed by atoms with Crippen LogP contribution in [-0.4, -0.2) is 87.4 Å². The third-order valence-corrected chi connectivity index (χ3v) is 7.07. The van der Waals surface area contributed by atoms with Gasteiger partial charge < -0.3 is 14.7 Å². The van der Waals surface area contributed by atoms with Crippen molar-refractivity contribution in [3.63, 3.8) is 0 Å². The molecule has 0 bridgehead atoms. The van der Waals surface area contributed by atoms with Gasteiger partial charge in [-0.25, -0.2) is 36.2 Å². The highest BCUT2D eigenvalue weighted by molar-refractivity contribution is 7.89. The fraction of sp³-hybridized carbons (Fsp3) is 0.579. The van der Waals surface area contributed by atoms with Crippen LogP contribution in [0.2, 0.25) is 0 Å². The first-order valence-corrected chi connectivity index (χ1v) is 12.0. The Kier molecular flexibility index (Phi) is 8.33. The molecule has 2 saturated heterocycles. The van der Waals surface area contributed by atoms with Gasteiger partial charge in [0.15, 0.2) is 17.4 Å². The van der Waals surface area contributed by atoms with Crippen LogP contribution in [0.4, 0.5) is 33.7 Å². The largest absolute Gasteiger partial charge is 0.444 e. The van der Waals surface area contributed by atoms with E-state index in [1.54, 1.807) is 0 Å². The van der Waals surface area contributed by atoms with Crippen LogP contribution >= 0.6 is 0 Å². The van der Waals surface area contributed by atoms with Crippen LogP contribution in [0.15, 0.2) is 12.1 Å². The normalized spacial score (nSPS) is 20.1. The van der Waals surface area contributed by atoms with Crippen LogP contribution in [0.3, 0.4) is 0 Å². The number of hydrogen-bond acceptors (Lipinski definition) is 8. The summed E-state index contributed by atoms with van der Waals surface area (Å²) in [7, 11) is -3.79. The topological polar surface area (TPSA) is 119 Å². The van der Waals surface area contributed by atoms with E-state index in [0.29, 0.717) is 0 Å². The van der Waals surface area contributed by atoms with Crippen LogP contribution in [0.25, 0.3) is 0 Å². The van der Waals surface area contributed by atoms with E-state index in [9.17, 15) is 35.6 Å². The summed E-state index contributed by atoms with van der Waals surface area (Å²) in [6.07, 6.45) is -5.58. The van der Waals surface area contributed by atoms with Gasteiger partial charge in [-0.2, -0.15) is 0 Å². The average Bonchev–Trinajstić information content (AvgIpc) is 2.95. The Morgan fingerprint density at radius 3 is 2.50 bits per heavy atom. The summed E-state index contributed by atoms with van der Waals surface area (Å²) >= 11 is 0. The number of Topliss-reactive ketones (excluding diaryl/α,β-unsaturated/α-hetero) is 1. The van der Waals surface area contributed by atoms with Gasteiger partial charge >= 0.3 is 6.09 Å². The molecule has 3 rings (SSSR count). The van der Waals surface area contributed by atoms with Crippen molar-refractivity contribution in [3.05, 3.63) is 23.8 Å². The minimum atomic E-state index is -3.79. The molecule has 1 amide bonds. The lowest BCUT2D eigenvalue weighted by Crippen LogP contribution is -2.45. The van der Waals surface area contributed by atoms with Gasteiger partial charge in [0, 0.05) is 44.7 Å². The number of hydrazine groups is 1. The molecule has 0 aliphatic carbocycles. The second-order valence-electron chi connectivity index (χ2n) is 7.69. The summed E-state index contributed by atoms with van der Waals surface area (Å²) < 4.78 is 84.7. The molecule has 0 spiro atoms. The maximum Gasteiger partial charge on any atom is 0.414 e. The highest BCUT2D eigenvalue weighted by atomic mass is 32.2. The molecule has 1 atom stereocenters. The van der Waals surface area contributed by atoms with E-state index in [2.05, 4.69) is 5.43 Å². The van der Waals surface area contributed by atoms with E-state index in [1.165, 1.54) is 4.90 Å². The first kappa shape index (κ1) is 26.1. The number of sulfonamides is 1. The zero-order chi connectivity index (χ0) is 25.0. The molecule has 0 aromatic heterocycles. The molecule has 34 heavy (non-hydrogen) atoms. The van der Waals surface area contributed by atoms with Gasteiger partial charge in [0.1, 0.15) is 11.8 Å². The Hall–Kier alpha value is -2.49. The molecule has 10 nitrogen and oxygen atoms in total. The standard InChI is InChI=1S/C19H24F4N4O6S/c20-14-9-12(26-11-13(33-19(26)30)1-2-16(29)18(22)23)10-15(21)17(14)25-4-3-24-27(6-5-25)34(31,32)8-7-28/h9-10,13,18,24,28H,1-8,11H2/t13-/m0/s1. The number of cyclic esters (lactones) is 1. The Bertz CT molecular complexity index is 1010. The number of amides is 1. The summed E-state index contributed by atoms with van der Waals surface area (Å²) in [5.41, 5.74) is 2.10. The predicted molar refractivity (Wildman–Crippen MR) is 112 cm³/mol. The fourth-order valence-electron chi connectivity index (χ4n) is 3.70. The molecular weight excluding hydrogens is 488 g/mol. The van der Waals surface area contributed by atoms with Crippen molar-refractivity contribution in [3.8, 4) is 0 Å². The van der Waals surface area contributed by atoms with E-state index in [-0.39, 0.29) is 44.8 Å². The predicted octanol–water partition coefficient (Wildman–Crippen LogP) is 0.853. The number of aliphatic hydroxyl groups is 1. The maximum atomic E-state index is 14.9. The highest BCUT2D eigenvalue weighted by Gasteiger charge is 2.35. The number of alkyl halides is 2. The molecule has 2 heterocycles. The molecule has 190 valence electrons. The van der Waals surface area contributed by atoms with Crippen molar-refractivity contribution in [2.75, 3.05) is 54.9 Å². The molecule has 2 aliphatic heterocycles. The number of nitrogens with zero attached hydrogens (tertiary/aromatic N) is 3. The van der Waals surface area contributed by atoms with Crippen molar-refractivity contribution >= 4 is 33.3 Å². The molecule has 1 aromatic carbocycles. The number of ketones is 1. The van der Waals surface area contributed by atoms with Crippen molar-refractivity contribution in [1.29, 1.82) is 0 Å². The first-order valence-electron chi connectivity index (χ1n) is 10.4. The second-order valence-corrected chi connectivity index (χ2v) is 9.70. The van der Waals surface area contributed by atoms with Crippen molar-refractivity contribution in [1.82, 2.24) is 9.84 Å². The van der Waals surface area contributed by atoms with Crippen LogP contribution in [-0.2, 0) is 19.6 Å². The number of nitrogens with one attached hydrogen (secondary N) is 1. The Balaban J connectivity index is 1.70. The van der Waals surface area contributed by atoms with E-state index in [1.807, 2.05) is 0 Å². The number of anilines is 2. The molecule has 15 heteroatoms. The minimum absolute atomic E-state index is 0.0448. The lowest BCUT2D eigenvalue weighted by atomic mass is 10.1. The summed E-state index contributed by atoms with van der Waals surface area (Å²) in [4.78, 5) is 25.5. The maximum absolute atomic E-state index is 14.9. The van der Waals surface area contributed by atoms with Gasteiger partial charge in [-0.15, -0.1) is 4.41 Å². The summed E-state index contributed by atoms with van der Waals surface area (Å²) in [6.45, 7) is -0.777. The number of halogens is 4. The molecular formula is C19H24F4N4O6S. The molecule has 2 aliphatic rings. The molecule has 2 fully saturated rings. The Morgan fingerprint density at radius 2 is 1.88 bits per heavy atom. The number of aliphatic hydroxyl groups excluding tert-OH is 1. The SMILES string of the molecule is O=C(CC[C@H]1CN(c2cc(F)c(N3CCNN(S(=O)(=O)CCO)CC3)c(F)c2)C(=O)O1)C(F)F. The summed E-state index contributed by atoms with van der Waals surface area (Å²) in [6, 6.07) is 1.84. The Labute approximate surface area is 193 Å². The smallest absolute Gasteiger partial charge is 0.414 e. The van der Waals surface area contributed by atoms with E-state index in [4.69, 9.17) is 9.84 Å². The zero-order valence-corrected chi connectivity index (χ0v) is 18.7. The number of hydrogen-bond donors (Lipinski definition) is 2. The number of ether oxygens (including phenoxy) is 1. The third-order valence-electron chi connectivity index (χ3n) is 5.39. The minimum Gasteiger partial charge on any atom is -0.444 e. The quantitative estimate of drug-likeness (QED) is 0.468. The lowest BCUT2D eigenvalue weighted by Gasteiger charge is -2.25. The monoisotopic (exact) mass is 512 g/mol.